The molecular formula is C12H21N3O2. The summed E-state index contributed by atoms with van der Waals surface area (Å²) in [5, 5.41) is 15.8. The molecule has 0 aliphatic rings. The molecule has 1 heterocycles. The maximum atomic E-state index is 11.7. The van der Waals surface area contributed by atoms with Gasteiger partial charge in [0.1, 0.15) is 5.69 Å². The Morgan fingerprint density at radius 3 is 2.88 bits per heavy atom. The standard InChI is InChI=1S/C12H21N3O2/c1-3-4-10(6-8-16)9-13-12(17)11-5-7-15(2)14-11/h5,7,10,16H,3-4,6,8-9H2,1-2H3,(H,13,17). The number of carbonyl (C=O) groups is 1. The van der Waals surface area contributed by atoms with E-state index in [-0.39, 0.29) is 12.5 Å². The summed E-state index contributed by atoms with van der Waals surface area (Å²) >= 11 is 0. The molecule has 0 aromatic carbocycles. The molecule has 5 heteroatoms. The van der Waals surface area contributed by atoms with E-state index in [4.69, 9.17) is 5.11 Å². The third-order valence-corrected chi connectivity index (χ3v) is 2.73. The second-order valence-electron chi connectivity index (χ2n) is 4.25. The number of aromatic nitrogens is 2. The van der Waals surface area contributed by atoms with E-state index in [0.29, 0.717) is 18.2 Å². The fourth-order valence-corrected chi connectivity index (χ4v) is 1.80. The number of nitrogens with zero attached hydrogens (tertiary/aromatic N) is 2. The van der Waals surface area contributed by atoms with Crippen LogP contribution in [0.2, 0.25) is 0 Å². The summed E-state index contributed by atoms with van der Waals surface area (Å²) in [5.41, 5.74) is 0.437. The molecule has 0 aliphatic carbocycles. The first kappa shape index (κ1) is 13.7. The van der Waals surface area contributed by atoms with Crippen LogP contribution in [0.15, 0.2) is 12.3 Å². The number of aliphatic hydroxyl groups is 1. The van der Waals surface area contributed by atoms with Crippen molar-refractivity contribution in [2.75, 3.05) is 13.2 Å². The van der Waals surface area contributed by atoms with Gasteiger partial charge in [0.15, 0.2) is 0 Å². The molecule has 0 saturated heterocycles. The molecule has 1 aromatic heterocycles. The number of hydrogen-bond donors (Lipinski definition) is 2. The highest BCUT2D eigenvalue weighted by molar-refractivity contribution is 5.92. The van der Waals surface area contributed by atoms with Crippen molar-refractivity contribution in [3.8, 4) is 0 Å². The Labute approximate surface area is 102 Å². The predicted molar refractivity (Wildman–Crippen MR) is 65.6 cm³/mol. The number of nitrogens with one attached hydrogen (secondary N) is 1. The SMILES string of the molecule is CCCC(CCO)CNC(=O)c1ccn(C)n1. The van der Waals surface area contributed by atoms with Crippen molar-refractivity contribution in [1.29, 1.82) is 0 Å². The van der Waals surface area contributed by atoms with Crippen LogP contribution in [0.25, 0.3) is 0 Å². The molecule has 1 amide bonds. The van der Waals surface area contributed by atoms with Gasteiger partial charge in [-0.2, -0.15) is 5.10 Å². The summed E-state index contributed by atoms with van der Waals surface area (Å²) in [5.74, 6) is 0.197. The smallest absolute Gasteiger partial charge is 0.271 e. The fourth-order valence-electron chi connectivity index (χ4n) is 1.80. The number of aliphatic hydroxyl groups excluding tert-OH is 1. The van der Waals surface area contributed by atoms with Gasteiger partial charge in [-0.05, 0) is 24.8 Å². The molecule has 2 N–H and O–H groups in total. The Morgan fingerprint density at radius 1 is 1.59 bits per heavy atom. The monoisotopic (exact) mass is 239 g/mol. The Hall–Kier alpha value is -1.36. The van der Waals surface area contributed by atoms with Crippen molar-refractivity contribution in [3.05, 3.63) is 18.0 Å². The zero-order valence-corrected chi connectivity index (χ0v) is 10.5. The van der Waals surface area contributed by atoms with Crippen LogP contribution >= 0.6 is 0 Å². The molecule has 1 unspecified atom stereocenters. The molecule has 0 aliphatic heterocycles. The molecule has 0 fully saturated rings. The quantitative estimate of drug-likeness (QED) is 0.744. The van der Waals surface area contributed by atoms with Gasteiger partial charge in [0.2, 0.25) is 0 Å². The molecule has 1 rings (SSSR count). The average molecular weight is 239 g/mol. The first-order valence-electron chi connectivity index (χ1n) is 6.06. The van der Waals surface area contributed by atoms with Gasteiger partial charge in [-0.3, -0.25) is 9.48 Å². The Bertz CT molecular complexity index is 343. The Morgan fingerprint density at radius 2 is 2.35 bits per heavy atom. The maximum absolute atomic E-state index is 11.7. The van der Waals surface area contributed by atoms with Gasteiger partial charge in [-0.1, -0.05) is 13.3 Å². The van der Waals surface area contributed by atoms with E-state index in [0.717, 1.165) is 19.3 Å². The predicted octanol–water partition coefficient (Wildman–Crippen LogP) is 0.949. The zero-order chi connectivity index (χ0) is 12.7. The molecule has 1 atom stereocenters. The lowest BCUT2D eigenvalue weighted by atomic mass is 10.0. The maximum Gasteiger partial charge on any atom is 0.271 e. The average Bonchev–Trinajstić information content (AvgIpc) is 2.73. The van der Waals surface area contributed by atoms with E-state index in [2.05, 4.69) is 17.3 Å². The second-order valence-corrected chi connectivity index (χ2v) is 4.25. The van der Waals surface area contributed by atoms with Crippen LogP contribution in [0.5, 0.6) is 0 Å². The van der Waals surface area contributed by atoms with Gasteiger partial charge in [-0.25, -0.2) is 0 Å². The van der Waals surface area contributed by atoms with Crippen molar-refractivity contribution in [2.45, 2.75) is 26.2 Å². The third-order valence-electron chi connectivity index (χ3n) is 2.73. The molecule has 17 heavy (non-hydrogen) atoms. The minimum Gasteiger partial charge on any atom is -0.396 e. The van der Waals surface area contributed by atoms with Gasteiger partial charge in [0.25, 0.3) is 5.91 Å². The first-order chi connectivity index (χ1) is 8.17. The largest absolute Gasteiger partial charge is 0.396 e. The van der Waals surface area contributed by atoms with E-state index in [1.54, 1.807) is 24.0 Å². The van der Waals surface area contributed by atoms with Crippen molar-refractivity contribution in [3.63, 3.8) is 0 Å². The molecule has 0 bridgehead atoms. The van der Waals surface area contributed by atoms with Crippen LogP contribution in [0, 0.1) is 5.92 Å². The van der Waals surface area contributed by atoms with Crippen LogP contribution in [0.3, 0.4) is 0 Å². The Kier molecular flexibility index (Phi) is 5.69. The highest BCUT2D eigenvalue weighted by Crippen LogP contribution is 2.09. The van der Waals surface area contributed by atoms with Crippen molar-refractivity contribution < 1.29 is 9.90 Å². The lowest BCUT2D eigenvalue weighted by Gasteiger charge is -2.14. The van der Waals surface area contributed by atoms with Gasteiger partial charge in [0.05, 0.1) is 0 Å². The topological polar surface area (TPSA) is 67.2 Å². The lowest BCUT2D eigenvalue weighted by molar-refractivity contribution is 0.0937. The zero-order valence-electron chi connectivity index (χ0n) is 10.5. The number of hydrogen-bond acceptors (Lipinski definition) is 3. The lowest BCUT2D eigenvalue weighted by Crippen LogP contribution is -2.30. The molecule has 5 nitrogen and oxygen atoms in total. The highest BCUT2D eigenvalue weighted by atomic mass is 16.3. The first-order valence-corrected chi connectivity index (χ1v) is 6.06. The summed E-state index contributed by atoms with van der Waals surface area (Å²) in [6, 6.07) is 1.69. The summed E-state index contributed by atoms with van der Waals surface area (Å²) < 4.78 is 1.60. The van der Waals surface area contributed by atoms with E-state index < -0.39 is 0 Å². The van der Waals surface area contributed by atoms with E-state index in [9.17, 15) is 4.79 Å². The number of carbonyl (C=O) groups excluding carboxylic acids is 1. The van der Waals surface area contributed by atoms with E-state index >= 15 is 0 Å². The van der Waals surface area contributed by atoms with Crippen molar-refractivity contribution in [2.24, 2.45) is 13.0 Å². The van der Waals surface area contributed by atoms with Crippen LogP contribution in [-0.2, 0) is 7.05 Å². The molecular weight excluding hydrogens is 218 g/mol. The number of aryl methyl sites for hydroxylation is 1. The summed E-state index contributed by atoms with van der Waals surface area (Å²) in [6.07, 6.45) is 4.55. The highest BCUT2D eigenvalue weighted by Gasteiger charge is 2.12. The molecule has 0 radical (unpaired) electrons. The molecule has 0 saturated carbocycles. The van der Waals surface area contributed by atoms with Gasteiger partial charge >= 0.3 is 0 Å². The fraction of sp³-hybridized carbons (Fsp3) is 0.667. The van der Waals surface area contributed by atoms with Gasteiger partial charge in [0, 0.05) is 26.4 Å². The minimum atomic E-state index is -0.148. The molecule has 1 aromatic rings. The van der Waals surface area contributed by atoms with Crippen LogP contribution in [0.1, 0.15) is 36.7 Å². The minimum absolute atomic E-state index is 0.148. The Balaban J connectivity index is 2.40. The summed E-state index contributed by atoms with van der Waals surface area (Å²) in [7, 11) is 1.78. The van der Waals surface area contributed by atoms with Crippen molar-refractivity contribution in [1.82, 2.24) is 15.1 Å². The van der Waals surface area contributed by atoms with Crippen molar-refractivity contribution >= 4 is 5.91 Å². The summed E-state index contributed by atoms with van der Waals surface area (Å²) in [4.78, 5) is 11.7. The van der Waals surface area contributed by atoms with E-state index in [1.807, 2.05) is 0 Å². The van der Waals surface area contributed by atoms with Gasteiger partial charge < -0.3 is 10.4 Å². The second kappa shape index (κ2) is 7.06. The van der Waals surface area contributed by atoms with Crippen LogP contribution in [-0.4, -0.2) is 33.9 Å². The molecule has 0 spiro atoms. The van der Waals surface area contributed by atoms with Gasteiger partial charge in [-0.15, -0.1) is 0 Å². The normalized spacial score (nSPS) is 12.4. The van der Waals surface area contributed by atoms with E-state index in [1.165, 1.54) is 0 Å². The van der Waals surface area contributed by atoms with Crippen LogP contribution in [0.4, 0.5) is 0 Å². The van der Waals surface area contributed by atoms with Crippen LogP contribution < -0.4 is 5.32 Å². The summed E-state index contributed by atoms with van der Waals surface area (Å²) in [6.45, 7) is 2.87. The molecule has 96 valence electrons. The third kappa shape index (κ3) is 4.56. The number of rotatable bonds is 7. The number of amides is 1.